The Balaban J connectivity index is 2.11. The molecular weight excluding hydrogens is 298 g/mol. The Kier molecular flexibility index (Phi) is 4.62. The van der Waals surface area contributed by atoms with Gasteiger partial charge in [-0.1, -0.05) is 6.92 Å². The van der Waals surface area contributed by atoms with Gasteiger partial charge < -0.3 is 10.1 Å². The van der Waals surface area contributed by atoms with Gasteiger partial charge in [0.2, 0.25) is 0 Å². The predicted octanol–water partition coefficient (Wildman–Crippen LogP) is 4.15. The van der Waals surface area contributed by atoms with Crippen LogP contribution in [-0.2, 0) is 0 Å². The van der Waals surface area contributed by atoms with Crippen molar-refractivity contribution in [2.45, 2.75) is 31.1 Å². The molecule has 1 N–H and O–H groups in total. The van der Waals surface area contributed by atoms with E-state index in [0.717, 1.165) is 15.9 Å². The van der Waals surface area contributed by atoms with E-state index in [4.69, 9.17) is 4.74 Å². The maximum absolute atomic E-state index is 5.26. The number of hydrogen-bond acceptors (Lipinski definition) is 3. The van der Waals surface area contributed by atoms with Crippen molar-refractivity contribution in [2.75, 3.05) is 18.2 Å². The van der Waals surface area contributed by atoms with Crippen molar-refractivity contribution in [3.8, 4) is 5.75 Å². The van der Waals surface area contributed by atoms with Crippen molar-refractivity contribution in [1.29, 1.82) is 0 Å². The quantitative estimate of drug-likeness (QED) is 0.905. The molecule has 0 amide bonds. The highest BCUT2D eigenvalue weighted by Crippen LogP contribution is 2.32. The molecule has 0 aromatic heterocycles. The summed E-state index contributed by atoms with van der Waals surface area (Å²) in [4.78, 5) is 0. The minimum absolute atomic E-state index is 0.553. The standard InChI is InChI=1S/C13H18BrNOS/c1-9-12(4-3-7-17-9)15-13-8-10(16-2)5-6-11(13)14/h5-6,8-9,12,15H,3-4,7H2,1-2H3. The Hall–Kier alpha value is -0.350. The van der Waals surface area contributed by atoms with Crippen LogP contribution in [0.2, 0.25) is 0 Å². The number of thioether (sulfide) groups is 1. The van der Waals surface area contributed by atoms with Crippen LogP contribution < -0.4 is 10.1 Å². The van der Waals surface area contributed by atoms with Crippen molar-refractivity contribution < 1.29 is 4.74 Å². The van der Waals surface area contributed by atoms with E-state index >= 15 is 0 Å². The second-order valence-electron chi connectivity index (χ2n) is 4.31. The molecule has 1 heterocycles. The van der Waals surface area contributed by atoms with Gasteiger partial charge in [0.1, 0.15) is 5.75 Å². The molecule has 1 saturated heterocycles. The second kappa shape index (κ2) is 6.01. The van der Waals surface area contributed by atoms with E-state index in [-0.39, 0.29) is 0 Å². The molecule has 2 nitrogen and oxygen atoms in total. The van der Waals surface area contributed by atoms with Crippen LogP contribution >= 0.6 is 27.7 Å². The molecule has 1 fully saturated rings. The van der Waals surface area contributed by atoms with Gasteiger partial charge in [0.05, 0.1) is 12.8 Å². The van der Waals surface area contributed by atoms with E-state index in [1.165, 1.54) is 18.6 Å². The molecule has 1 aliphatic heterocycles. The van der Waals surface area contributed by atoms with Gasteiger partial charge >= 0.3 is 0 Å². The van der Waals surface area contributed by atoms with Crippen molar-refractivity contribution in [3.05, 3.63) is 22.7 Å². The third-order valence-electron chi connectivity index (χ3n) is 3.12. The lowest BCUT2D eigenvalue weighted by Gasteiger charge is -2.30. The Bertz CT molecular complexity index is 386. The third kappa shape index (κ3) is 3.32. The van der Waals surface area contributed by atoms with E-state index in [9.17, 15) is 0 Å². The lowest BCUT2D eigenvalue weighted by molar-refractivity contribution is 0.415. The zero-order valence-electron chi connectivity index (χ0n) is 10.2. The number of halogens is 1. The molecule has 0 spiro atoms. The van der Waals surface area contributed by atoms with Crippen LogP contribution in [0, 0.1) is 0 Å². The molecule has 2 atom stereocenters. The summed E-state index contributed by atoms with van der Waals surface area (Å²) in [5, 5.41) is 4.29. The number of nitrogens with one attached hydrogen (secondary N) is 1. The van der Waals surface area contributed by atoms with E-state index in [1.807, 2.05) is 12.1 Å². The molecular formula is C13H18BrNOS. The maximum atomic E-state index is 5.26. The predicted molar refractivity (Wildman–Crippen MR) is 79.3 cm³/mol. The summed E-state index contributed by atoms with van der Waals surface area (Å²) in [6, 6.07) is 6.60. The van der Waals surface area contributed by atoms with E-state index in [0.29, 0.717) is 11.3 Å². The van der Waals surface area contributed by atoms with Crippen molar-refractivity contribution >= 4 is 33.4 Å². The number of hydrogen-bond donors (Lipinski definition) is 1. The first-order valence-electron chi connectivity index (χ1n) is 5.92. The minimum atomic E-state index is 0.553. The van der Waals surface area contributed by atoms with E-state index in [2.05, 4.69) is 46.0 Å². The van der Waals surface area contributed by atoms with Gasteiger partial charge in [-0.25, -0.2) is 0 Å². The SMILES string of the molecule is COc1ccc(Br)c(NC2CCCSC2C)c1. The summed E-state index contributed by atoms with van der Waals surface area (Å²) in [7, 11) is 1.70. The first-order chi connectivity index (χ1) is 8.20. The van der Waals surface area contributed by atoms with Crippen molar-refractivity contribution in [1.82, 2.24) is 0 Å². The van der Waals surface area contributed by atoms with Gasteiger partial charge in [-0.3, -0.25) is 0 Å². The molecule has 0 bridgehead atoms. The maximum Gasteiger partial charge on any atom is 0.121 e. The zero-order chi connectivity index (χ0) is 12.3. The Labute approximate surface area is 116 Å². The fourth-order valence-electron chi connectivity index (χ4n) is 2.05. The smallest absolute Gasteiger partial charge is 0.121 e. The fraction of sp³-hybridized carbons (Fsp3) is 0.538. The van der Waals surface area contributed by atoms with Crippen LogP contribution in [-0.4, -0.2) is 24.2 Å². The lowest BCUT2D eigenvalue weighted by Crippen LogP contribution is -2.32. The molecule has 94 valence electrons. The number of ether oxygens (including phenoxy) is 1. The Morgan fingerprint density at radius 1 is 1.47 bits per heavy atom. The largest absolute Gasteiger partial charge is 0.497 e. The number of benzene rings is 1. The molecule has 4 heteroatoms. The van der Waals surface area contributed by atoms with E-state index < -0.39 is 0 Å². The summed E-state index contributed by atoms with van der Waals surface area (Å²) in [6.45, 7) is 2.30. The minimum Gasteiger partial charge on any atom is -0.497 e. The summed E-state index contributed by atoms with van der Waals surface area (Å²) in [5.74, 6) is 2.19. The van der Waals surface area contributed by atoms with Crippen LogP contribution in [0.25, 0.3) is 0 Å². The highest BCUT2D eigenvalue weighted by molar-refractivity contribution is 9.10. The molecule has 2 rings (SSSR count). The lowest BCUT2D eigenvalue weighted by atomic mass is 10.1. The van der Waals surface area contributed by atoms with Gasteiger partial charge in [-0.2, -0.15) is 11.8 Å². The Morgan fingerprint density at radius 2 is 2.29 bits per heavy atom. The topological polar surface area (TPSA) is 21.3 Å². The van der Waals surface area contributed by atoms with Crippen molar-refractivity contribution in [2.24, 2.45) is 0 Å². The number of methoxy groups -OCH3 is 1. The van der Waals surface area contributed by atoms with Crippen LogP contribution in [0.3, 0.4) is 0 Å². The number of rotatable bonds is 3. The molecule has 0 radical (unpaired) electrons. The van der Waals surface area contributed by atoms with Gasteiger partial charge in [0, 0.05) is 21.8 Å². The highest BCUT2D eigenvalue weighted by Gasteiger charge is 2.22. The first kappa shape index (κ1) is 13.1. The van der Waals surface area contributed by atoms with Gasteiger partial charge in [-0.05, 0) is 46.7 Å². The molecule has 17 heavy (non-hydrogen) atoms. The van der Waals surface area contributed by atoms with Gasteiger partial charge in [0.15, 0.2) is 0 Å². The summed E-state index contributed by atoms with van der Waals surface area (Å²) in [6.07, 6.45) is 2.55. The van der Waals surface area contributed by atoms with Gasteiger partial charge in [0.25, 0.3) is 0 Å². The molecule has 1 aliphatic rings. The van der Waals surface area contributed by atoms with Crippen LogP contribution in [0.1, 0.15) is 19.8 Å². The van der Waals surface area contributed by atoms with Crippen molar-refractivity contribution in [3.63, 3.8) is 0 Å². The Morgan fingerprint density at radius 3 is 3.00 bits per heavy atom. The molecule has 0 saturated carbocycles. The van der Waals surface area contributed by atoms with Crippen LogP contribution in [0.5, 0.6) is 5.75 Å². The normalized spacial score (nSPS) is 24.4. The fourth-order valence-corrected chi connectivity index (χ4v) is 3.56. The van der Waals surface area contributed by atoms with Crippen LogP contribution in [0.15, 0.2) is 22.7 Å². The molecule has 1 aromatic rings. The monoisotopic (exact) mass is 315 g/mol. The zero-order valence-corrected chi connectivity index (χ0v) is 12.6. The highest BCUT2D eigenvalue weighted by atomic mass is 79.9. The van der Waals surface area contributed by atoms with Gasteiger partial charge in [-0.15, -0.1) is 0 Å². The first-order valence-corrected chi connectivity index (χ1v) is 7.76. The molecule has 1 aromatic carbocycles. The molecule has 0 aliphatic carbocycles. The second-order valence-corrected chi connectivity index (χ2v) is 6.65. The van der Waals surface area contributed by atoms with Crippen LogP contribution in [0.4, 0.5) is 5.69 Å². The summed E-state index contributed by atoms with van der Waals surface area (Å²) < 4.78 is 6.36. The summed E-state index contributed by atoms with van der Waals surface area (Å²) in [5.41, 5.74) is 1.13. The average molecular weight is 316 g/mol. The van der Waals surface area contributed by atoms with E-state index in [1.54, 1.807) is 7.11 Å². The third-order valence-corrected chi connectivity index (χ3v) is 5.19. The summed E-state index contributed by atoms with van der Waals surface area (Å²) >= 11 is 5.63. The molecule has 2 unspecified atom stereocenters. The average Bonchev–Trinajstić information content (AvgIpc) is 2.35. The number of anilines is 1.